The van der Waals surface area contributed by atoms with E-state index in [0.29, 0.717) is 17.7 Å². The third-order valence-corrected chi connectivity index (χ3v) is 13.5. The molecule has 3 saturated heterocycles. The highest BCUT2D eigenvalue weighted by Crippen LogP contribution is 2.47. The van der Waals surface area contributed by atoms with E-state index in [2.05, 4.69) is 43.1 Å². The number of amides is 1. The van der Waals surface area contributed by atoms with Gasteiger partial charge in [-0.1, -0.05) is 0 Å². The maximum atomic E-state index is 13.1. The number of anilines is 1. The summed E-state index contributed by atoms with van der Waals surface area (Å²) in [6.07, 6.45) is 5.74. The first kappa shape index (κ1) is 37.7. The molecule has 3 N–H and O–H groups in total. The molecule has 1 amide bonds. The third kappa shape index (κ3) is 8.57. The van der Waals surface area contributed by atoms with Crippen LogP contribution in [0.15, 0.2) is 84.9 Å². The van der Waals surface area contributed by atoms with Crippen LogP contribution in [-0.2, 0) is 6.54 Å². The fraction of sp³-hybridized carbons (Fsp3) is 0.413. The number of ether oxygens (including phenoxy) is 2. The first-order valence-electron chi connectivity index (χ1n) is 20.7. The van der Waals surface area contributed by atoms with Gasteiger partial charge in [0.25, 0.3) is 5.91 Å². The standard InChI is InChI=1S/C46H53N5O5S/c52-37-7-4-33(5-8-37)45-44(42-15-9-38(53)28-43(42)57-45)56-40-12-10-39(11-13-40)55-31-32-16-21-48(22-17-32)19-2-20-49-23-25-50(26-24-49)35-6-14-41-34(27-35)30-51(46(41)54)36-3-1-18-47-29-36/h4-15,27-28,32,36,47,52-53H,1-3,16-26,29-31H2. The summed E-state index contributed by atoms with van der Waals surface area (Å²) in [5.41, 5.74) is 4.29. The molecule has 0 bridgehead atoms. The summed E-state index contributed by atoms with van der Waals surface area (Å²) in [4.78, 5) is 23.9. The number of aromatic hydroxyl groups is 2. The molecule has 4 aliphatic rings. The van der Waals surface area contributed by atoms with E-state index < -0.39 is 0 Å². The van der Waals surface area contributed by atoms with Crippen molar-refractivity contribution in [2.75, 3.05) is 77.0 Å². The van der Waals surface area contributed by atoms with Gasteiger partial charge in [-0.25, -0.2) is 0 Å². The van der Waals surface area contributed by atoms with Crippen molar-refractivity contribution in [2.24, 2.45) is 5.92 Å². The van der Waals surface area contributed by atoms with Crippen LogP contribution in [0, 0.1) is 5.92 Å². The average Bonchev–Trinajstić information content (AvgIpc) is 3.77. The number of rotatable bonds is 12. The second kappa shape index (κ2) is 17.0. The Labute approximate surface area is 339 Å². The zero-order valence-corrected chi connectivity index (χ0v) is 33.4. The van der Waals surface area contributed by atoms with Crippen LogP contribution in [0.2, 0.25) is 0 Å². The van der Waals surface area contributed by atoms with Gasteiger partial charge in [0.15, 0.2) is 5.75 Å². The fourth-order valence-corrected chi connectivity index (χ4v) is 10.1. The van der Waals surface area contributed by atoms with Crippen LogP contribution in [0.5, 0.6) is 28.7 Å². The van der Waals surface area contributed by atoms with Gasteiger partial charge in [0.1, 0.15) is 23.0 Å². The lowest BCUT2D eigenvalue weighted by atomic mass is 9.97. The lowest BCUT2D eigenvalue weighted by Crippen LogP contribution is -2.47. The maximum absolute atomic E-state index is 13.1. The van der Waals surface area contributed by atoms with Crippen LogP contribution in [0.4, 0.5) is 5.69 Å². The quantitative estimate of drug-likeness (QED) is 0.117. The number of piperazine rings is 1. The minimum Gasteiger partial charge on any atom is -0.508 e. The monoisotopic (exact) mass is 787 g/mol. The number of piperidine rings is 2. The molecule has 3 fully saturated rings. The van der Waals surface area contributed by atoms with Gasteiger partial charge in [-0.15, -0.1) is 11.3 Å². The van der Waals surface area contributed by atoms with Gasteiger partial charge in [-0.3, -0.25) is 9.69 Å². The number of fused-ring (bicyclic) bond motifs is 2. The van der Waals surface area contributed by atoms with Crippen molar-refractivity contribution in [1.29, 1.82) is 0 Å². The number of hydrogen-bond acceptors (Lipinski definition) is 10. The van der Waals surface area contributed by atoms with Gasteiger partial charge in [0, 0.05) is 66.6 Å². The van der Waals surface area contributed by atoms with Gasteiger partial charge < -0.3 is 39.7 Å². The van der Waals surface area contributed by atoms with Crippen molar-refractivity contribution in [1.82, 2.24) is 20.0 Å². The molecule has 0 aliphatic carbocycles. The van der Waals surface area contributed by atoms with Crippen LogP contribution in [0.3, 0.4) is 0 Å². The second-order valence-electron chi connectivity index (χ2n) is 16.1. The molecule has 0 saturated carbocycles. The predicted molar refractivity (Wildman–Crippen MR) is 227 cm³/mol. The lowest BCUT2D eigenvalue weighted by Gasteiger charge is -2.37. The smallest absolute Gasteiger partial charge is 0.254 e. The van der Waals surface area contributed by atoms with Gasteiger partial charge >= 0.3 is 0 Å². The number of phenols is 2. The Bertz CT molecular complexity index is 2150. The van der Waals surface area contributed by atoms with E-state index >= 15 is 0 Å². The SMILES string of the molecule is O=C1c2ccc(N3CCN(CCCN4CCC(COc5ccc(Oc6c(-c7ccc(O)cc7)sc7cc(O)ccc67)cc5)CC4)CC3)cc2CN1C1CCCNC1. The number of benzene rings is 4. The Kier molecular flexibility index (Phi) is 11.2. The third-order valence-electron chi connectivity index (χ3n) is 12.3. The van der Waals surface area contributed by atoms with Gasteiger partial charge in [0.05, 0.1) is 11.5 Å². The Hall–Kier alpha value is -4.81. The second-order valence-corrected chi connectivity index (χ2v) is 17.2. The number of phenolic OH excluding ortho intramolecular Hbond substituents is 2. The summed E-state index contributed by atoms with van der Waals surface area (Å²) in [6, 6.07) is 27.1. The largest absolute Gasteiger partial charge is 0.508 e. The number of thiophene rings is 1. The zero-order chi connectivity index (χ0) is 38.7. The molecular weight excluding hydrogens is 735 g/mol. The number of nitrogens with one attached hydrogen (secondary N) is 1. The van der Waals surface area contributed by atoms with E-state index in [1.165, 1.54) is 17.7 Å². The Morgan fingerprint density at radius 2 is 1.51 bits per heavy atom. The van der Waals surface area contributed by atoms with Crippen LogP contribution in [0.25, 0.3) is 20.5 Å². The number of likely N-dealkylation sites (tertiary alicyclic amines) is 1. The first-order chi connectivity index (χ1) is 27.9. The number of carbonyl (C=O) groups is 1. The lowest BCUT2D eigenvalue weighted by molar-refractivity contribution is 0.0674. The molecule has 1 atom stereocenters. The molecule has 4 aromatic carbocycles. The maximum Gasteiger partial charge on any atom is 0.254 e. The normalized spacial score (nSPS) is 19.6. The highest BCUT2D eigenvalue weighted by Gasteiger charge is 2.34. The van der Waals surface area contributed by atoms with Crippen molar-refractivity contribution < 1.29 is 24.5 Å². The van der Waals surface area contributed by atoms with Crippen LogP contribution in [0.1, 0.15) is 48.0 Å². The minimum atomic E-state index is 0.206. The van der Waals surface area contributed by atoms with Gasteiger partial charge in [0.2, 0.25) is 0 Å². The number of carbonyl (C=O) groups excluding carboxylic acids is 1. The molecule has 5 heterocycles. The predicted octanol–water partition coefficient (Wildman–Crippen LogP) is 7.78. The van der Waals surface area contributed by atoms with E-state index in [-0.39, 0.29) is 17.4 Å². The zero-order valence-electron chi connectivity index (χ0n) is 32.6. The summed E-state index contributed by atoms with van der Waals surface area (Å²) >= 11 is 1.55. The summed E-state index contributed by atoms with van der Waals surface area (Å²) in [6.45, 7) is 12.2. The molecule has 11 heteroatoms. The summed E-state index contributed by atoms with van der Waals surface area (Å²) in [5.74, 6) is 3.47. The molecule has 10 nitrogen and oxygen atoms in total. The van der Waals surface area contributed by atoms with Gasteiger partial charge in [-0.05, 0) is 167 Å². The molecule has 0 radical (unpaired) electrons. The highest BCUT2D eigenvalue weighted by molar-refractivity contribution is 7.22. The molecular formula is C46H53N5O5S. The highest BCUT2D eigenvalue weighted by atomic mass is 32.1. The molecule has 1 aromatic heterocycles. The number of hydrogen-bond donors (Lipinski definition) is 3. The molecule has 5 aromatic rings. The molecule has 57 heavy (non-hydrogen) atoms. The minimum absolute atomic E-state index is 0.206. The Balaban J connectivity index is 0.689. The van der Waals surface area contributed by atoms with Crippen molar-refractivity contribution >= 4 is 33.0 Å². The molecule has 298 valence electrons. The van der Waals surface area contributed by atoms with Crippen LogP contribution < -0.4 is 19.7 Å². The van der Waals surface area contributed by atoms with E-state index in [9.17, 15) is 15.0 Å². The first-order valence-corrected chi connectivity index (χ1v) is 21.5. The molecule has 4 aliphatic heterocycles. The van der Waals surface area contributed by atoms with E-state index in [0.717, 1.165) is 142 Å². The van der Waals surface area contributed by atoms with Crippen molar-refractivity contribution in [3.63, 3.8) is 0 Å². The Morgan fingerprint density at radius 1 is 0.772 bits per heavy atom. The van der Waals surface area contributed by atoms with E-state index in [1.54, 1.807) is 35.6 Å². The topological polar surface area (TPSA) is 101 Å². The van der Waals surface area contributed by atoms with E-state index in [4.69, 9.17) is 9.47 Å². The number of nitrogens with zero attached hydrogens (tertiary/aromatic N) is 4. The average molecular weight is 788 g/mol. The van der Waals surface area contributed by atoms with Crippen molar-refractivity contribution in [2.45, 2.75) is 44.7 Å². The fourth-order valence-electron chi connectivity index (χ4n) is 8.95. The summed E-state index contributed by atoms with van der Waals surface area (Å²) in [7, 11) is 0. The summed E-state index contributed by atoms with van der Waals surface area (Å²) in [5, 5.41) is 24.3. The molecule has 1 unspecified atom stereocenters. The van der Waals surface area contributed by atoms with Gasteiger partial charge in [-0.2, -0.15) is 0 Å². The molecule has 9 rings (SSSR count). The van der Waals surface area contributed by atoms with Crippen molar-refractivity contribution in [3.05, 3.63) is 96.1 Å². The Morgan fingerprint density at radius 3 is 2.26 bits per heavy atom. The molecule has 0 spiro atoms. The van der Waals surface area contributed by atoms with Crippen LogP contribution in [-0.4, -0.2) is 109 Å². The van der Waals surface area contributed by atoms with E-state index in [1.807, 2.05) is 42.5 Å². The summed E-state index contributed by atoms with van der Waals surface area (Å²) < 4.78 is 13.7. The van der Waals surface area contributed by atoms with Crippen LogP contribution >= 0.6 is 11.3 Å². The van der Waals surface area contributed by atoms with Crippen molar-refractivity contribution in [3.8, 4) is 39.2 Å².